The van der Waals surface area contributed by atoms with E-state index >= 15 is 0 Å². The van der Waals surface area contributed by atoms with Crippen molar-refractivity contribution in [3.63, 3.8) is 0 Å². The molecule has 0 radical (unpaired) electrons. The molecule has 4 heteroatoms. The van der Waals surface area contributed by atoms with E-state index in [0.29, 0.717) is 19.4 Å². The number of unbranched alkanes of at least 4 members (excludes halogenated alkanes) is 2. The zero-order valence-corrected chi connectivity index (χ0v) is 12.9. The molecular formula is C17H25NO3. The maximum Gasteiger partial charge on any atom is 0.326 e. The number of aliphatic carboxylic acids is 1. The van der Waals surface area contributed by atoms with E-state index in [4.69, 9.17) is 0 Å². The normalized spacial score (nSPS) is 11.9. The van der Waals surface area contributed by atoms with E-state index in [1.807, 2.05) is 37.3 Å². The smallest absolute Gasteiger partial charge is 0.326 e. The second-order valence-corrected chi connectivity index (χ2v) is 5.18. The molecule has 0 bridgehead atoms. The van der Waals surface area contributed by atoms with Gasteiger partial charge in [-0.2, -0.15) is 0 Å². The third kappa shape index (κ3) is 5.58. The molecule has 0 aliphatic heterocycles. The van der Waals surface area contributed by atoms with Gasteiger partial charge in [0.2, 0.25) is 5.91 Å². The molecule has 1 aromatic rings. The standard InChI is InChI=1S/C17H25NO3/c1-3-5-7-12-16(19)18(4-2)15(17(20)21)13-14-10-8-6-9-11-14/h6,8-11,15H,3-5,7,12-13H2,1-2H3,(H,20,21)/t15-/m0/s1. The molecule has 0 saturated heterocycles. The summed E-state index contributed by atoms with van der Waals surface area (Å²) >= 11 is 0. The number of carboxylic acids is 1. The average Bonchev–Trinajstić information content (AvgIpc) is 2.48. The van der Waals surface area contributed by atoms with Crippen LogP contribution < -0.4 is 0 Å². The molecule has 21 heavy (non-hydrogen) atoms. The molecule has 0 aliphatic rings. The minimum absolute atomic E-state index is 0.0609. The first-order valence-corrected chi connectivity index (χ1v) is 7.66. The van der Waals surface area contributed by atoms with Crippen molar-refractivity contribution in [1.29, 1.82) is 0 Å². The highest BCUT2D eigenvalue weighted by Gasteiger charge is 2.28. The Hall–Kier alpha value is -1.84. The molecule has 1 N–H and O–H groups in total. The van der Waals surface area contributed by atoms with E-state index in [0.717, 1.165) is 24.8 Å². The fraction of sp³-hybridized carbons (Fsp3) is 0.529. The van der Waals surface area contributed by atoms with Crippen molar-refractivity contribution in [3.8, 4) is 0 Å². The van der Waals surface area contributed by atoms with E-state index in [9.17, 15) is 14.7 Å². The van der Waals surface area contributed by atoms with Gasteiger partial charge in [-0.05, 0) is 18.9 Å². The van der Waals surface area contributed by atoms with Crippen LogP contribution in [0.1, 0.15) is 45.1 Å². The van der Waals surface area contributed by atoms with Gasteiger partial charge in [-0.3, -0.25) is 4.79 Å². The van der Waals surface area contributed by atoms with Crippen LogP contribution in [0.15, 0.2) is 30.3 Å². The van der Waals surface area contributed by atoms with Crippen molar-refractivity contribution in [3.05, 3.63) is 35.9 Å². The quantitative estimate of drug-likeness (QED) is 0.711. The second kappa shape index (κ2) is 9.16. The summed E-state index contributed by atoms with van der Waals surface area (Å²) in [6, 6.07) is 8.66. The minimum atomic E-state index is -0.940. The number of carboxylic acid groups (broad SMARTS) is 1. The zero-order chi connectivity index (χ0) is 15.7. The van der Waals surface area contributed by atoms with Crippen molar-refractivity contribution < 1.29 is 14.7 Å². The predicted molar refractivity (Wildman–Crippen MR) is 83.1 cm³/mol. The molecule has 0 saturated carbocycles. The Morgan fingerprint density at radius 1 is 1.14 bits per heavy atom. The van der Waals surface area contributed by atoms with Crippen molar-refractivity contribution >= 4 is 11.9 Å². The number of hydrogen-bond donors (Lipinski definition) is 1. The van der Waals surface area contributed by atoms with Gasteiger partial charge in [-0.15, -0.1) is 0 Å². The van der Waals surface area contributed by atoms with Crippen LogP contribution in [0.3, 0.4) is 0 Å². The van der Waals surface area contributed by atoms with E-state index in [1.165, 1.54) is 4.90 Å². The third-order valence-corrected chi connectivity index (χ3v) is 3.59. The molecular weight excluding hydrogens is 266 g/mol. The monoisotopic (exact) mass is 291 g/mol. The molecule has 1 amide bonds. The van der Waals surface area contributed by atoms with Crippen molar-refractivity contribution in [2.45, 2.75) is 52.0 Å². The summed E-state index contributed by atoms with van der Waals surface area (Å²) in [7, 11) is 0. The summed E-state index contributed by atoms with van der Waals surface area (Å²) in [6.07, 6.45) is 3.65. The lowest BCUT2D eigenvalue weighted by atomic mass is 10.0. The van der Waals surface area contributed by atoms with Crippen LogP contribution in [-0.4, -0.2) is 34.5 Å². The number of rotatable bonds is 9. The van der Waals surface area contributed by atoms with Gasteiger partial charge in [-0.1, -0.05) is 50.1 Å². The number of likely N-dealkylation sites (N-methyl/N-ethyl adjacent to an activating group) is 1. The highest BCUT2D eigenvalue weighted by molar-refractivity contribution is 5.83. The van der Waals surface area contributed by atoms with Gasteiger partial charge in [0.25, 0.3) is 0 Å². The minimum Gasteiger partial charge on any atom is -0.480 e. The van der Waals surface area contributed by atoms with Gasteiger partial charge in [0.15, 0.2) is 0 Å². The van der Waals surface area contributed by atoms with Crippen LogP contribution in [0, 0.1) is 0 Å². The number of benzene rings is 1. The number of carbonyl (C=O) groups is 2. The third-order valence-electron chi connectivity index (χ3n) is 3.59. The van der Waals surface area contributed by atoms with Crippen LogP contribution in [0.25, 0.3) is 0 Å². The molecule has 1 atom stereocenters. The van der Waals surface area contributed by atoms with E-state index in [2.05, 4.69) is 6.92 Å². The van der Waals surface area contributed by atoms with E-state index in [1.54, 1.807) is 0 Å². The first-order valence-electron chi connectivity index (χ1n) is 7.66. The molecule has 0 aromatic heterocycles. The van der Waals surface area contributed by atoms with Crippen molar-refractivity contribution in [2.75, 3.05) is 6.54 Å². The Kier molecular flexibility index (Phi) is 7.51. The molecule has 1 rings (SSSR count). The number of amides is 1. The summed E-state index contributed by atoms with van der Waals surface area (Å²) in [5.74, 6) is -1.00. The summed E-state index contributed by atoms with van der Waals surface area (Å²) in [5, 5.41) is 9.46. The average molecular weight is 291 g/mol. The lowest BCUT2D eigenvalue weighted by molar-refractivity contribution is -0.150. The molecule has 0 unspecified atom stereocenters. The molecule has 1 aromatic carbocycles. The maximum atomic E-state index is 12.2. The SMILES string of the molecule is CCCCCC(=O)N(CC)[C@@H](Cc1ccccc1)C(=O)O. The van der Waals surface area contributed by atoms with Crippen molar-refractivity contribution in [1.82, 2.24) is 4.90 Å². The molecule has 4 nitrogen and oxygen atoms in total. The van der Waals surface area contributed by atoms with Gasteiger partial charge in [0.1, 0.15) is 6.04 Å². The lowest BCUT2D eigenvalue weighted by Crippen LogP contribution is -2.46. The largest absolute Gasteiger partial charge is 0.480 e. The Bertz CT molecular complexity index is 445. The molecule has 0 fully saturated rings. The zero-order valence-electron chi connectivity index (χ0n) is 12.9. The molecule has 116 valence electrons. The summed E-state index contributed by atoms with van der Waals surface area (Å²) in [4.78, 5) is 25.3. The van der Waals surface area contributed by atoms with Crippen molar-refractivity contribution in [2.24, 2.45) is 0 Å². The highest BCUT2D eigenvalue weighted by Crippen LogP contribution is 2.12. The summed E-state index contributed by atoms with van der Waals surface area (Å²) in [6.45, 7) is 4.34. The Morgan fingerprint density at radius 2 is 1.81 bits per heavy atom. The van der Waals surface area contributed by atoms with Crippen LogP contribution in [-0.2, 0) is 16.0 Å². The Balaban J connectivity index is 2.76. The van der Waals surface area contributed by atoms with Gasteiger partial charge in [0, 0.05) is 19.4 Å². The number of carbonyl (C=O) groups excluding carboxylic acids is 1. The molecule has 0 aliphatic carbocycles. The first-order chi connectivity index (χ1) is 10.1. The van der Waals surface area contributed by atoms with Crippen LogP contribution in [0.5, 0.6) is 0 Å². The second-order valence-electron chi connectivity index (χ2n) is 5.18. The van der Waals surface area contributed by atoms with E-state index < -0.39 is 12.0 Å². The van der Waals surface area contributed by atoms with Gasteiger partial charge >= 0.3 is 5.97 Å². The number of hydrogen-bond acceptors (Lipinski definition) is 2. The molecule has 0 spiro atoms. The predicted octanol–water partition coefficient (Wildman–Crippen LogP) is 3.11. The number of nitrogens with zero attached hydrogens (tertiary/aromatic N) is 1. The molecule has 0 heterocycles. The Morgan fingerprint density at radius 3 is 2.33 bits per heavy atom. The van der Waals surface area contributed by atoms with Crippen LogP contribution >= 0.6 is 0 Å². The maximum absolute atomic E-state index is 12.2. The fourth-order valence-electron chi connectivity index (χ4n) is 2.41. The topological polar surface area (TPSA) is 57.6 Å². The van der Waals surface area contributed by atoms with Crippen LogP contribution in [0.2, 0.25) is 0 Å². The van der Waals surface area contributed by atoms with Gasteiger partial charge in [0.05, 0.1) is 0 Å². The van der Waals surface area contributed by atoms with Crippen LogP contribution in [0.4, 0.5) is 0 Å². The van der Waals surface area contributed by atoms with E-state index in [-0.39, 0.29) is 5.91 Å². The van der Waals surface area contributed by atoms with Gasteiger partial charge in [-0.25, -0.2) is 4.79 Å². The lowest BCUT2D eigenvalue weighted by Gasteiger charge is -2.28. The first kappa shape index (κ1) is 17.2. The Labute approximate surface area is 126 Å². The fourth-order valence-corrected chi connectivity index (χ4v) is 2.41. The summed E-state index contributed by atoms with van der Waals surface area (Å²) < 4.78 is 0. The summed E-state index contributed by atoms with van der Waals surface area (Å²) in [5.41, 5.74) is 0.935. The highest BCUT2D eigenvalue weighted by atomic mass is 16.4. The van der Waals surface area contributed by atoms with Gasteiger partial charge < -0.3 is 10.0 Å².